The van der Waals surface area contributed by atoms with Crippen molar-refractivity contribution in [3.05, 3.63) is 83.7 Å². The number of imidazole rings is 2. The second-order valence-corrected chi connectivity index (χ2v) is 15.7. The fourth-order valence-electron chi connectivity index (χ4n) is 5.44. The third-order valence-electron chi connectivity index (χ3n) is 8.01. The highest BCUT2D eigenvalue weighted by molar-refractivity contribution is 5.77. The summed E-state index contributed by atoms with van der Waals surface area (Å²) in [7, 11) is 0. The van der Waals surface area contributed by atoms with Crippen molar-refractivity contribution in [1.29, 1.82) is 0 Å². The molecule has 8 nitrogen and oxygen atoms in total. The summed E-state index contributed by atoms with van der Waals surface area (Å²) in [5.74, 6) is 8.66. The maximum Gasteiger partial charge on any atom is 0.220 e. The van der Waals surface area contributed by atoms with E-state index in [1.54, 1.807) is 0 Å². The lowest BCUT2D eigenvalue weighted by atomic mass is 9.86. The van der Waals surface area contributed by atoms with Crippen LogP contribution in [0.25, 0.3) is 22.5 Å². The highest BCUT2D eigenvalue weighted by Gasteiger charge is 2.31. The second-order valence-electron chi connectivity index (χ2n) is 15.7. The summed E-state index contributed by atoms with van der Waals surface area (Å²) in [5.41, 5.74) is 5.17. The van der Waals surface area contributed by atoms with Gasteiger partial charge in [-0.05, 0) is 58.1 Å². The maximum atomic E-state index is 12.6. The van der Waals surface area contributed by atoms with Gasteiger partial charge in [0.25, 0.3) is 0 Å². The molecule has 2 heterocycles. The van der Waals surface area contributed by atoms with Crippen LogP contribution in [-0.2, 0) is 9.59 Å². The highest BCUT2D eigenvalue weighted by Crippen LogP contribution is 2.34. The summed E-state index contributed by atoms with van der Waals surface area (Å²) in [6.07, 6.45) is 4.60. The van der Waals surface area contributed by atoms with E-state index in [0.29, 0.717) is 12.8 Å². The molecule has 4 aromatic rings. The molecule has 2 atom stereocenters. The molecule has 254 valence electrons. The summed E-state index contributed by atoms with van der Waals surface area (Å²) in [5, 5.41) is 6.35. The topological polar surface area (TPSA) is 116 Å². The van der Waals surface area contributed by atoms with Crippen molar-refractivity contribution in [3.63, 3.8) is 0 Å². The molecule has 48 heavy (non-hydrogen) atoms. The molecule has 0 unspecified atom stereocenters. The van der Waals surface area contributed by atoms with Gasteiger partial charge in [-0.3, -0.25) is 9.59 Å². The zero-order chi connectivity index (χ0) is 35.2. The van der Waals surface area contributed by atoms with E-state index in [0.717, 1.165) is 45.3 Å². The summed E-state index contributed by atoms with van der Waals surface area (Å²) in [6, 6.07) is 15.7. The van der Waals surface area contributed by atoms with Gasteiger partial charge in [-0.2, -0.15) is 0 Å². The Morgan fingerprint density at radius 3 is 1.25 bits per heavy atom. The minimum absolute atomic E-state index is 0.0318. The number of benzene rings is 2. The molecule has 2 amide bonds. The number of aromatic nitrogens is 4. The average molecular weight is 649 g/mol. The number of amides is 2. The molecular formula is C40H52N6O2. The van der Waals surface area contributed by atoms with Gasteiger partial charge in [-0.15, -0.1) is 0 Å². The molecule has 0 fully saturated rings. The van der Waals surface area contributed by atoms with Gasteiger partial charge in [0, 0.05) is 24.0 Å². The first kappa shape index (κ1) is 36.2. The van der Waals surface area contributed by atoms with E-state index in [-0.39, 0.29) is 46.6 Å². The smallest absolute Gasteiger partial charge is 0.220 e. The van der Waals surface area contributed by atoms with Crippen molar-refractivity contribution in [2.24, 2.45) is 22.7 Å². The van der Waals surface area contributed by atoms with Crippen molar-refractivity contribution in [1.82, 2.24) is 30.6 Å². The predicted octanol–water partition coefficient (Wildman–Crippen LogP) is 8.37. The predicted molar refractivity (Wildman–Crippen MR) is 194 cm³/mol. The molecule has 0 bridgehead atoms. The Balaban J connectivity index is 1.43. The molecule has 8 heteroatoms. The van der Waals surface area contributed by atoms with Crippen LogP contribution in [0.3, 0.4) is 0 Å². The van der Waals surface area contributed by atoms with Gasteiger partial charge in [-0.1, -0.05) is 105 Å². The number of nitrogens with one attached hydrogen (secondary N) is 4. The first-order chi connectivity index (χ1) is 22.5. The molecule has 2 aromatic carbocycles. The molecule has 0 aliphatic rings. The number of rotatable bonds is 10. The minimum atomic E-state index is -0.230. The molecule has 0 radical (unpaired) electrons. The fraction of sp³-hybridized carbons (Fsp3) is 0.450. The van der Waals surface area contributed by atoms with Gasteiger partial charge in [0.1, 0.15) is 11.6 Å². The minimum Gasteiger partial charge on any atom is -0.346 e. The van der Waals surface area contributed by atoms with E-state index < -0.39 is 0 Å². The Kier molecular flexibility index (Phi) is 11.4. The van der Waals surface area contributed by atoms with Crippen molar-refractivity contribution < 1.29 is 9.59 Å². The Bertz CT molecular complexity index is 1610. The lowest BCUT2D eigenvalue weighted by molar-refractivity contribution is -0.124. The van der Waals surface area contributed by atoms with Crippen molar-refractivity contribution in [2.75, 3.05) is 0 Å². The Morgan fingerprint density at radius 1 is 0.625 bits per heavy atom. The van der Waals surface area contributed by atoms with E-state index >= 15 is 0 Å². The SMILES string of the molecule is CC(C)CC(=O)N[C@H](c1ncc(-c2ccc(C#Cc3ccc(-c4cnc([C@@H](NC(=O)CC(C)C)C(C)(C)C)[nH]4)cc3)cc2)[nH]1)C(C)(C)C. The molecular weight excluding hydrogens is 596 g/mol. The Labute approximate surface area is 286 Å². The summed E-state index contributed by atoms with van der Waals surface area (Å²) in [4.78, 5) is 41.3. The van der Waals surface area contributed by atoms with Crippen LogP contribution < -0.4 is 10.6 Å². The van der Waals surface area contributed by atoms with Crippen LogP contribution >= 0.6 is 0 Å². The molecule has 0 aliphatic carbocycles. The third kappa shape index (κ3) is 9.93. The molecule has 2 aromatic heterocycles. The van der Waals surface area contributed by atoms with E-state index in [1.165, 1.54) is 0 Å². The molecule has 4 N–H and O–H groups in total. The van der Waals surface area contributed by atoms with Crippen LogP contribution in [0.2, 0.25) is 0 Å². The van der Waals surface area contributed by atoms with Gasteiger partial charge in [-0.25, -0.2) is 9.97 Å². The first-order valence-corrected chi connectivity index (χ1v) is 16.9. The van der Waals surface area contributed by atoms with Gasteiger partial charge in [0.05, 0.1) is 35.9 Å². The largest absolute Gasteiger partial charge is 0.346 e. The number of H-pyrrole nitrogens is 2. The van der Waals surface area contributed by atoms with Crippen molar-refractivity contribution in [2.45, 2.75) is 94.2 Å². The quantitative estimate of drug-likeness (QED) is 0.129. The van der Waals surface area contributed by atoms with E-state index in [4.69, 9.17) is 0 Å². The second kappa shape index (κ2) is 15.1. The van der Waals surface area contributed by atoms with Crippen LogP contribution in [0.15, 0.2) is 60.9 Å². The molecule has 4 rings (SSSR count). The lowest BCUT2D eigenvalue weighted by Crippen LogP contribution is -2.37. The van der Waals surface area contributed by atoms with E-state index in [2.05, 4.69) is 84.0 Å². The zero-order valence-electron chi connectivity index (χ0n) is 30.2. The van der Waals surface area contributed by atoms with E-state index in [1.807, 2.05) is 88.6 Å². The zero-order valence-corrected chi connectivity index (χ0v) is 30.2. The van der Waals surface area contributed by atoms with Gasteiger partial charge >= 0.3 is 0 Å². The maximum absolute atomic E-state index is 12.6. The van der Waals surface area contributed by atoms with Crippen LogP contribution in [0.1, 0.15) is 117 Å². The van der Waals surface area contributed by atoms with Gasteiger partial charge in [0.2, 0.25) is 11.8 Å². The van der Waals surface area contributed by atoms with Crippen LogP contribution in [0.5, 0.6) is 0 Å². The monoisotopic (exact) mass is 648 g/mol. The molecule has 0 saturated heterocycles. The summed E-state index contributed by atoms with van der Waals surface area (Å²) in [6.45, 7) is 20.8. The number of nitrogens with zero attached hydrogens (tertiary/aromatic N) is 2. The number of hydrogen-bond donors (Lipinski definition) is 4. The third-order valence-corrected chi connectivity index (χ3v) is 8.01. The average Bonchev–Trinajstić information content (AvgIpc) is 3.67. The standard InChI is InChI=1S/C40H52N6O2/c1-25(2)21-33(47)45-35(39(5,6)7)37-41-23-31(43-37)29-17-13-27(14-18-29)11-12-28-15-19-30(20-16-28)32-24-42-38(44-32)36(40(8,9)10)46-34(48)22-26(3)4/h13-20,23-26,35-36H,21-22H2,1-10H3,(H,41,43)(H,42,44)(H,45,47)(H,46,48)/t35-,36-/m1/s1. The number of aromatic amines is 2. The Hall–Kier alpha value is -4.64. The van der Waals surface area contributed by atoms with Crippen LogP contribution in [0.4, 0.5) is 0 Å². The lowest BCUT2D eigenvalue weighted by Gasteiger charge is -2.30. The normalized spacial score (nSPS) is 13.2. The van der Waals surface area contributed by atoms with E-state index in [9.17, 15) is 9.59 Å². The first-order valence-electron chi connectivity index (χ1n) is 16.9. The number of carbonyl (C=O) groups excluding carboxylic acids is 2. The fourth-order valence-corrected chi connectivity index (χ4v) is 5.44. The van der Waals surface area contributed by atoms with Gasteiger partial charge < -0.3 is 20.6 Å². The molecule has 0 spiro atoms. The summed E-state index contributed by atoms with van der Waals surface area (Å²) >= 11 is 0. The van der Waals surface area contributed by atoms with Gasteiger partial charge in [0.15, 0.2) is 0 Å². The highest BCUT2D eigenvalue weighted by atomic mass is 16.2. The Morgan fingerprint density at radius 2 is 0.958 bits per heavy atom. The molecule has 0 saturated carbocycles. The van der Waals surface area contributed by atoms with Crippen LogP contribution in [0, 0.1) is 34.5 Å². The number of hydrogen-bond acceptors (Lipinski definition) is 4. The van der Waals surface area contributed by atoms with Crippen LogP contribution in [-0.4, -0.2) is 31.8 Å². The summed E-state index contributed by atoms with van der Waals surface area (Å²) < 4.78 is 0. The van der Waals surface area contributed by atoms with Crippen molar-refractivity contribution in [3.8, 4) is 34.4 Å². The number of carbonyl (C=O) groups is 2. The van der Waals surface area contributed by atoms with Crippen molar-refractivity contribution >= 4 is 11.8 Å². The molecule has 0 aliphatic heterocycles.